The standard InChI is InChI=1S/C14H24N2O2/c1-11-8-12(4-5-14(11)18-3)9-16(2)10-13(17)6-7-15/h4-5,8,13,17H,6-7,9-10,15H2,1-3H3. The zero-order valence-electron chi connectivity index (χ0n) is 11.5. The second kappa shape index (κ2) is 7.36. The van der Waals surface area contributed by atoms with E-state index in [1.807, 2.05) is 20.0 Å². The normalized spacial score (nSPS) is 12.8. The predicted molar refractivity (Wildman–Crippen MR) is 73.7 cm³/mol. The van der Waals surface area contributed by atoms with E-state index in [9.17, 15) is 5.11 Å². The molecule has 0 spiro atoms. The average molecular weight is 252 g/mol. The molecular weight excluding hydrogens is 228 g/mol. The predicted octanol–water partition coefficient (Wildman–Crippen LogP) is 1.15. The molecule has 0 aliphatic carbocycles. The van der Waals surface area contributed by atoms with Crippen LogP contribution in [-0.4, -0.2) is 43.4 Å². The summed E-state index contributed by atoms with van der Waals surface area (Å²) in [6.07, 6.45) is 0.297. The number of hydrogen-bond acceptors (Lipinski definition) is 4. The highest BCUT2D eigenvalue weighted by atomic mass is 16.5. The van der Waals surface area contributed by atoms with E-state index >= 15 is 0 Å². The number of aliphatic hydroxyl groups is 1. The van der Waals surface area contributed by atoms with Gasteiger partial charge < -0.3 is 15.6 Å². The molecule has 0 amide bonds. The number of likely N-dealkylation sites (N-methyl/N-ethyl adjacent to an activating group) is 1. The highest BCUT2D eigenvalue weighted by molar-refractivity contribution is 5.36. The smallest absolute Gasteiger partial charge is 0.121 e. The van der Waals surface area contributed by atoms with Gasteiger partial charge in [0.15, 0.2) is 0 Å². The summed E-state index contributed by atoms with van der Waals surface area (Å²) in [6, 6.07) is 6.15. The first-order valence-corrected chi connectivity index (χ1v) is 6.27. The maximum Gasteiger partial charge on any atom is 0.121 e. The highest BCUT2D eigenvalue weighted by Crippen LogP contribution is 2.19. The molecule has 4 heteroatoms. The van der Waals surface area contributed by atoms with Crippen LogP contribution in [0.4, 0.5) is 0 Å². The molecule has 0 saturated heterocycles. The van der Waals surface area contributed by atoms with Crippen LogP contribution in [0, 0.1) is 6.92 Å². The molecule has 0 heterocycles. The first-order valence-electron chi connectivity index (χ1n) is 6.27. The summed E-state index contributed by atoms with van der Waals surface area (Å²) < 4.78 is 5.23. The number of nitrogens with two attached hydrogens (primary N) is 1. The molecule has 0 fully saturated rings. The number of aryl methyl sites for hydroxylation is 1. The summed E-state index contributed by atoms with van der Waals surface area (Å²) in [6.45, 7) is 4.01. The molecule has 1 aromatic rings. The Morgan fingerprint density at radius 2 is 2.17 bits per heavy atom. The number of methoxy groups -OCH3 is 1. The molecule has 0 aliphatic rings. The molecule has 3 N–H and O–H groups in total. The van der Waals surface area contributed by atoms with Crippen LogP contribution in [0.2, 0.25) is 0 Å². The van der Waals surface area contributed by atoms with Gasteiger partial charge in [0.1, 0.15) is 5.75 Å². The second-order valence-corrected chi connectivity index (χ2v) is 4.73. The van der Waals surface area contributed by atoms with Crippen molar-refractivity contribution in [1.82, 2.24) is 4.90 Å². The molecule has 0 aromatic heterocycles. The number of aliphatic hydroxyl groups excluding tert-OH is 1. The van der Waals surface area contributed by atoms with Gasteiger partial charge in [0.05, 0.1) is 13.2 Å². The van der Waals surface area contributed by atoms with Gasteiger partial charge in [-0.2, -0.15) is 0 Å². The fraction of sp³-hybridized carbons (Fsp3) is 0.571. The van der Waals surface area contributed by atoms with Crippen LogP contribution in [0.15, 0.2) is 18.2 Å². The third-order valence-corrected chi connectivity index (χ3v) is 2.93. The number of hydrogen-bond donors (Lipinski definition) is 2. The third-order valence-electron chi connectivity index (χ3n) is 2.93. The van der Waals surface area contributed by atoms with Crippen molar-refractivity contribution in [3.8, 4) is 5.75 Å². The third kappa shape index (κ3) is 4.64. The van der Waals surface area contributed by atoms with Crippen LogP contribution in [-0.2, 0) is 6.54 Å². The molecule has 4 nitrogen and oxygen atoms in total. The Bertz CT molecular complexity index is 369. The average Bonchev–Trinajstić information content (AvgIpc) is 2.29. The molecule has 1 atom stereocenters. The molecule has 18 heavy (non-hydrogen) atoms. The van der Waals surface area contributed by atoms with Crippen molar-refractivity contribution in [2.45, 2.75) is 26.0 Å². The summed E-state index contributed by atoms with van der Waals surface area (Å²) in [4.78, 5) is 2.10. The van der Waals surface area contributed by atoms with E-state index in [4.69, 9.17) is 10.5 Å². The quantitative estimate of drug-likeness (QED) is 0.764. The minimum atomic E-state index is -0.348. The molecule has 1 rings (SSSR count). The number of benzene rings is 1. The van der Waals surface area contributed by atoms with Gasteiger partial charge in [0, 0.05) is 13.1 Å². The van der Waals surface area contributed by atoms with E-state index in [-0.39, 0.29) is 6.10 Å². The van der Waals surface area contributed by atoms with Crippen LogP contribution in [0.5, 0.6) is 5.75 Å². The SMILES string of the molecule is COc1ccc(CN(C)CC(O)CCN)cc1C. The number of ether oxygens (including phenoxy) is 1. The maximum absolute atomic E-state index is 9.69. The molecule has 102 valence electrons. The van der Waals surface area contributed by atoms with Crippen LogP contribution in [0.3, 0.4) is 0 Å². The first-order chi connectivity index (χ1) is 8.56. The minimum Gasteiger partial charge on any atom is -0.496 e. The van der Waals surface area contributed by atoms with Gasteiger partial charge >= 0.3 is 0 Å². The van der Waals surface area contributed by atoms with E-state index in [0.717, 1.165) is 17.9 Å². The van der Waals surface area contributed by atoms with Crippen LogP contribution in [0.1, 0.15) is 17.5 Å². The largest absolute Gasteiger partial charge is 0.496 e. The first kappa shape index (κ1) is 15.0. The van der Waals surface area contributed by atoms with Crippen LogP contribution < -0.4 is 10.5 Å². The summed E-state index contributed by atoms with van der Waals surface area (Å²) in [5.74, 6) is 0.907. The fourth-order valence-corrected chi connectivity index (χ4v) is 2.06. The molecule has 1 unspecified atom stereocenters. The highest BCUT2D eigenvalue weighted by Gasteiger charge is 2.08. The zero-order valence-corrected chi connectivity index (χ0v) is 11.5. The summed E-state index contributed by atoms with van der Waals surface area (Å²) in [5.41, 5.74) is 7.77. The Balaban J connectivity index is 2.54. The lowest BCUT2D eigenvalue weighted by Crippen LogP contribution is -2.30. The van der Waals surface area contributed by atoms with Gasteiger partial charge in [0.25, 0.3) is 0 Å². The van der Waals surface area contributed by atoms with E-state index in [1.165, 1.54) is 5.56 Å². The molecule has 0 aliphatic heterocycles. The van der Waals surface area contributed by atoms with E-state index in [1.54, 1.807) is 7.11 Å². The van der Waals surface area contributed by atoms with Crippen molar-refractivity contribution in [2.24, 2.45) is 5.73 Å². The minimum absolute atomic E-state index is 0.348. The van der Waals surface area contributed by atoms with Gasteiger partial charge in [-0.15, -0.1) is 0 Å². The van der Waals surface area contributed by atoms with Crippen molar-refractivity contribution < 1.29 is 9.84 Å². The lowest BCUT2D eigenvalue weighted by Gasteiger charge is -2.20. The Morgan fingerprint density at radius 1 is 1.44 bits per heavy atom. The number of nitrogens with zero attached hydrogens (tertiary/aromatic N) is 1. The molecular formula is C14H24N2O2. The van der Waals surface area contributed by atoms with Gasteiger partial charge in [-0.25, -0.2) is 0 Å². The van der Waals surface area contributed by atoms with Crippen molar-refractivity contribution in [2.75, 3.05) is 27.2 Å². The molecule has 0 bridgehead atoms. The summed E-state index contributed by atoms with van der Waals surface area (Å²) in [5, 5.41) is 9.69. The van der Waals surface area contributed by atoms with Gasteiger partial charge in [0.2, 0.25) is 0 Å². The van der Waals surface area contributed by atoms with Crippen LogP contribution in [0.25, 0.3) is 0 Å². The Labute approximate surface area is 109 Å². The monoisotopic (exact) mass is 252 g/mol. The van der Waals surface area contributed by atoms with E-state index in [2.05, 4.69) is 17.0 Å². The van der Waals surface area contributed by atoms with Gasteiger partial charge in [-0.1, -0.05) is 12.1 Å². The Kier molecular flexibility index (Phi) is 6.12. The topological polar surface area (TPSA) is 58.7 Å². The zero-order chi connectivity index (χ0) is 13.5. The summed E-state index contributed by atoms with van der Waals surface area (Å²) >= 11 is 0. The van der Waals surface area contributed by atoms with Crippen molar-refractivity contribution in [3.63, 3.8) is 0 Å². The van der Waals surface area contributed by atoms with Crippen molar-refractivity contribution in [1.29, 1.82) is 0 Å². The fourth-order valence-electron chi connectivity index (χ4n) is 2.06. The summed E-state index contributed by atoms with van der Waals surface area (Å²) in [7, 11) is 3.68. The van der Waals surface area contributed by atoms with Gasteiger partial charge in [-0.3, -0.25) is 4.90 Å². The Hall–Kier alpha value is -1.10. The Morgan fingerprint density at radius 3 is 2.72 bits per heavy atom. The van der Waals surface area contributed by atoms with Crippen molar-refractivity contribution >= 4 is 0 Å². The molecule has 0 saturated carbocycles. The number of rotatable bonds is 7. The van der Waals surface area contributed by atoms with Crippen molar-refractivity contribution in [3.05, 3.63) is 29.3 Å². The second-order valence-electron chi connectivity index (χ2n) is 4.73. The lowest BCUT2D eigenvalue weighted by atomic mass is 10.1. The maximum atomic E-state index is 9.69. The van der Waals surface area contributed by atoms with Gasteiger partial charge in [-0.05, 0) is 44.1 Å². The van der Waals surface area contributed by atoms with Crippen LogP contribution >= 0.6 is 0 Å². The van der Waals surface area contributed by atoms with E-state index < -0.39 is 0 Å². The molecule has 1 aromatic carbocycles. The van der Waals surface area contributed by atoms with E-state index in [0.29, 0.717) is 19.5 Å². The molecule has 0 radical (unpaired) electrons. The lowest BCUT2D eigenvalue weighted by molar-refractivity contribution is 0.117.